The third kappa shape index (κ3) is 9.34. The fourth-order valence-electron chi connectivity index (χ4n) is 9.83. The molecule has 9 rings (SSSR count). The summed E-state index contributed by atoms with van der Waals surface area (Å²) in [5, 5.41) is 7.42. The quantitative estimate of drug-likeness (QED) is 0.0978. The minimum Gasteiger partial charge on any atom is -0.488 e. The van der Waals surface area contributed by atoms with Gasteiger partial charge in [-0.2, -0.15) is 0 Å². The maximum Gasteiger partial charge on any atom is 0.407 e. The molecule has 4 amide bonds. The largest absolute Gasteiger partial charge is 0.488 e. The van der Waals surface area contributed by atoms with Crippen molar-refractivity contribution in [3.63, 3.8) is 0 Å². The molecular formula is C49H56Cl2N8O8. The van der Waals surface area contributed by atoms with Crippen LogP contribution >= 0.6 is 24.8 Å². The summed E-state index contributed by atoms with van der Waals surface area (Å²) in [6, 6.07) is 21.3. The monoisotopic (exact) mass is 954 g/mol. The fraction of sp³-hybridized carbons (Fsp3) is 0.388. The van der Waals surface area contributed by atoms with E-state index in [-0.39, 0.29) is 66.6 Å². The molecule has 2 aromatic heterocycles. The lowest BCUT2D eigenvalue weighted by atomic mass is 9.92. The van der Waals surface area contributed by atoms with Crippen molar-refractivity contribution in [2.75, 3.05) is 34.5 Å². The summed E-state index contributed by atoms with van der Waals surface area (Å²) >= 11 is 0. The Morgan fingerprint density at radius 1 is 0.851 bits per heavy atom. The minimum absolute atomic E-state index is 0. The molecular weight excluding hydrogens is 899 g/mol. The topological polar surface area (TPSA) is 193 Å². The molecule has 18 heteroatoms. The number of fused-ring (bicyclic) bond motifs is 6. The molecule has 2 saturated heterocycles. The van der Waals surface area contributed by atoms with Gasteiger partial charge in [0.1, 0.15) is 36.1 Å². The van der Waals surface area contributed by atoms with Crippen molar-refractivity contribution in [3.8, 4) is 28.1 Å². The standard InChI is InChI=1S/C49H54N8O8.2ClH/c1-26(2)41(54-48(60)63-5)47(59)57-27(3)12-17-38(57)45-51-36-16-14-30-20-35-33-15-13-31(19-32(33)25-65-40(35)21-34(30)43(36)53-45)37-22-50-44(52-37)39-18-28(24-62-4)23-56(39)46(58)42(55-49(61)64-6)29-10-8-7-9-11-29;;/h7-11,13-16,19-22,26-28,38-39,41-42H,12,17-18,23-25H2,1-6H3,(H,50,52)(H,51,53)(H,54,60)(H,55,61);2*1H/t27-,28-,38-,39-,41-,42+;;/m0../s1. The number of rotatable bonds is 11. The zero-order valence-electron chi connectivity index (χ0n) is 38.2. The number of methoxy groups -OCH3 is 3. The van der Waals surface area contributed by atoms with E-state index in [4.69, 9.17) is 28.9 Å². The maximum absolute atomic E-state index is 14.3. The number of hydrogen-bond donors (Lipinski definition) is 4. The number of carbonyl (C=O) groups excluding carboxylic acids is 4. The highest BCUT2D eigenvalue weighted by Gasteiger charge is 2.43. The zero-order chi connectivity index (χ0) is 45.5. The van der Waals surface area contributed by atoms with Crippen LogP contribution in [-0.2, 0) is 30.4 Å². The van der Waals surface area contributed by atoms with Crippen molar-refractivity contribution >= 4 is 70.6 Å². The Kier molecular flexibility index (Phi) is 14.7. The Morgan fingerprint density at radius 3 is 2.34 bits per heavy atom. The molecule has 354 valence electrons. The van der Waals surface area contributed by atoms with Crippen LogP contribution in [0, 0.1) is 11.8 Å². The number of alkyl carbamates (subject to hydrolysis) is 2. The summed E-state index contributed by atoms with van der Waals surface area (Å²) in [5.41, 5.74) is 7.09. The van der Waals surface area contributed by atoms with Crippen molar-refractivity contribution in [2.24, 2.45) is 11.8 Å². The van der Waals surface area contributed by atoms with Gasteiger partial charge < -0.3 is 49.3 Å². The average Bonchev–Trinajstić information content (AvgIpc) is 4.15. The molecule has 0 bridgehead atoms. The molecule has 3 aliphatic heterocycles. The summed E-state index contributed by atoms with van der Waals surface area (Å²) in [5.74, 6) is 1.61. The number of amides is 4. The molecule has 67 heavy (non-hydrogen) atoms. The van der Waals surface area contributed by atoms with Crippen LogP contribution in [0.15, 0.2) is 79.0 Å². The molecule has 4 aromatic carbocycles. The number of hydrogen-bond acceptors (Lipinski definition) is 10. The summed E-state index contributed by atoms with van der Waals surface area (Å²) in [7, 11) is 4.22. The van der Waals surface area contributed by atoms with Gasteiger partial charge in [-0.25, -0.2) is 19.6 Å². The van der Waals surface area contributed by atoms with E-state index in [1.165, 1.54) is 14.2 Å². The molecule has 16 nitrogen and oxygen atoms in total. The van der Waals surface area contributed by atoms with Crippen LogP contribution in [0.5, 0.6) is 5.75 Å². The fourth-order valence-corrected chi connectivity index (χ4v) is 9.83. The minimum atomic E-state index is -0.948. The van der Waals surface area contributed by atoms with E-state index in [0.29, 0.717) is 43.4 Å². The first kappa shape index (κ1) is 48.6. The highest BCUT2D eigenvalue weighted by molar-refractivity contribution is 6.07. The van der Waals surface area contributed by atoms with E-state index in [1.807, 2.05) is 62.1 Å². The molecule has 5 heterocycles. The number of aromatic amines is 2. The van der Waals surface area contributed by atoms with Crippen molar-refractivity contribution in [1.82, 2.24) is 40.4 Å². The van der Waals surface area contributed by atoms with Gasteiger partial charge in [0.2, 0.25) is 5.91 Å². The van der Waals surface area contributed by atoms with Crippen molar-refractivity contribution in [3.05, 3.63) is 102 Å². The molecule has 0 saturated carbocycles. The molecule has 2 fully saturated rings. The molecule has 0 aliphatic carbocycles. The summed E-state index contributed by atoms with van der Waals surface area (Å²) in [6.07, 6.45) is 2.64. The van der Waals surface area contributed by atoms with E-state index < -0.39 is 24.3 Å². The number of nitrogens with zero attached hydrogens (tertiary/aromatic N) is 4. The van der Waals surface area contributed by atoms with Gasteiger partial charge in [0.05, 0.1) is 55.8 Å². The summed E-state index contributed by atoms with van der Waals surface area (Å²) in [6.45, 7) is 7.11. The Balaban J connectivity index is 0.00000333. The first-order valence-corrected chi connectivity index (χ1v) is 22.1. The van der Waals surface area contributed by atoms with Gasteiger partial charge in [-0.3, -0.25) is 9.59 Å². The van der Waals surface area contributed by atoms with Gasteiger partial charge >= 0.3 is 12.2 Å². The molecule has 0 unspecified atom stereocenters. The van der Waals surface area contributed by atoms with Crippen LogP contribution < -0.4 is 15.4 Å². The van der Waals surface area contributed by atoms with E-state index >= 15 is 0 Å². The van der Waals surface area contributed by atoms with Crippen LogP contribution in [0.3, 0.4) is 0 Å². The van der Waals surface area contributed by atoms with Crippen LogP contribution in [-0.4, -0.2) is 100 Å². The number of halogens is 2. The van der Waals surface area contributed by atoms with Gasteiger partial charge in [-0.05, 0) is 84.0 Å². The lowest BCUT2D eigenvalue weighted by molar-refractivity contribution is -0.137. The predicted molar refractivity (Wildman–Crippen MR) is 257 cm³/mol. The normalized spacial score (nSPS) is 19.4. The first-order chi connectivity index (χ1) is 31.5. The molecule has 3 aliphatic rings. The Labute approximate surface area is 400 Å². The number of nitrogens with one attached hydrogen (secondary N) is 4. The van der Waals surface area contributed by atoms with Crippen LogP contribution in [0.2, 0.25) is 0 Å². The Hall–Kier alpha value is -6.36. The van der Waals surface area contributed by atoms with E-state index in [0.717, 1.165) is 68.3 Å². The predicted octanol–water partition coefficient (Wildman–Crippen LogP) is 8.58. The second-order valence-electron chi connectivity index (χ2n) is 17.6. The van der Waals surface area contributed by atoms with E-state index in [9.17, 15) is 19.2 Å². The maximum atomic E-state index is 14.3. The lowest BCUT2D eigenvalue weighted by Crippen LogP contribution is -2.52. The number of H-pyrrole nitrogens is 2. The summed E-state index contributed by atoms with van der Waals surface area (Å²) < 4.78 is 21.7. The highest BCUT2D eigenvalue weighted by atomic mass is 35.5. The van der Waals surface area contributed by atoms with E-state index in [1.54, 1.807) is 18.2 Å². The van der Waals surface area contributed by atoms with Crippen LogP contribution in [0.1, 0.15) is 80.9 Å². The Morgan fingerprint density at radius 2 is 1.61 bits per heavy atom. The third-order valence-corrected chi connectivity index (χ3v) is 13.1. The molecule has 6 atom stereocenters. The number of aromatic nitrogens is 4. The zero-order valence-corrected chi connectivity index (χ0v) is 39.8. The van der Waals surface area contributed by atoms with Crippen molar-refractivity contribution < 1.29 is 38.1 Å². The molecule has 4 N–H and O–H groups in total. The van der Waals surface area contributed by atoms with Crippen molar-refractivity contribution in [2.45, 2.75) is 76.8 Å². The van der Waals surface area contributed by atoms with Gasteiger partial charge in [0.15, 0.2) is 0 Å². The van der Waals surface area contributed by atoms with Crippen LogP contribution in [0.4, 0.5) is 9.59 Å². The first-order valence-electron chi connectivity index (χ1n) is 22.1. The molecule has 6 aromatic rings. The second kappa shape index (κ2) is 20.2. The number of imidazole rings is 2. The van der Waals surface area contributed by atoms with Crippen LogP contribution in [0.25, 0.3) is 44.2 Å². The van der Waals surface area contributed by atoms with Crippen molar-refractivity contribution in [1.29, 1.82) is 0 Å². The molecule has 0 radical (unpaired) electrons. The lowest BCUT2D eigenvalue weighted by Gasteiger charge is -2.32. The summed E-state index contributed by atoms with van der Waals surface area (Å²) in [4.78, 5) is 73.5. The SMILES string of the molecule is COC[C@H]1C[C@@H](c2ncc(-c3ccc4c(c3)COc3cc5c(ccc6[nH]c([C@@H]7CC[C@H](C)N7C(=O)[C@@H](NC(=O)OC)C(C)C)nc65)cc3-4)[nH]2)N(C(=O)[C@H](NC(=O)OC)c2ccccc2)C1.Cl.Cl. The van der Waals surface area contributed by atoms with E-state index in [2.05, 4.69) is 57.0 Å². The number of benzene rings is 4. The van der Waals surface area contributed by atoms with Gasteiger partial charge in [0, 0.05) is 36.6 Å². The van der Waals surface area contributed by atoms with Gasteiger partial charge in [0.25, 0.3) is 5.91 Å². The number of ether oxygens (including phenoxy) is 4. The number of likely N-dealkylation sites (tertiary alicyclic amines) is 2. The second-order valence-corrected chi connectivity index (χ2v) is 17.6. The third-order valence-electron chi connectivity index (χ3n) is 13.1. The van der Waals surface area contributed by atoms with Gasteiger partial charge in [-0.1, -0.05) is 62.4 Å². The smallest absolute Gasteiger partial charge is 0.407 e. The average molecular weight is 956 g/mol. The Bertz CT molecular complexity index is 2780. The highest BCUT2D eigenvalue weighted by Crippen LogP contribution is 2.44. The molecule has 0 spiro atoms. The van der Waals surface area contributed by atoms with Gasteiger partial charge in [-0.15, -0.1) is 24.8 Å². The number of carbonyl (C=O) groups is 4.